The van der Waals surface area contributed by atoms with Crippen LogP contribution in [0.5, 0.6) is 0 Å². The summed E-state index contributed by atoms with van der Waals surface area (Å²) in [5.74, 6) is 0. The lowest BCUT2D eigenvalue weighted by Gasteiger charge is -2.11. The van der Waals surface area contributed by atoms with Gasteiger partial charge in [-0.1, -0.05) is 80.1 Å². The van der Waals surface area contributed by atoms with Crippen LogP contribution in [-0.2, 0) is 6.42 Å². The number of hydrogen-bond donors (Lipinski definition) is 0. The van der Waals surface area contributed by atoms with Crippen molar-refractivity contribution in [2.45, 2.75) is 26.2 Å². The van der Waals surface area contributed by atoms with Crippen LogP contribution in [0, 0.1) is 0 Å². The van der Waals surface area contributed by atoms with E-state index in [1.807, 2.05) is 0 Å². The summed E-state index contributed by atoms with van der Waals surface area (Å²) in [6.45, 7) is 2.25. The SMILES string of the molecule is CCCCc1ccc(-c2ccccc2)c2ccccc12. The fourth-order valence-corrected chi connectivity index (χ4v) is 2.82. The van der Waals surface area contributed by atoms with Gasteiger partial charge in [-0.25, -0.2) is 0 Å². The van der Waals surface area contributed by atoms with Crippen molar-refractivity contribution in [3.63, 3.8) is 0 Å². The maximum Gasteiger partial charge on any atom is -0.0103 e. The monoisotopic (exact) mass is 260 g/mol. The van der Waals surface area contributed by atoms with Crippen molar-refractivity contribution in [3.05, 3.63) is 72.3 Å². The van der Waals surface area contributed by atoms with Gasteiger partial charge in [0.1, 0.15) is 0 Å². The summed E-state index contributed by atoms with van der Waals surface area (Å²) in [7, 11) is 0. The Labute approximate surface area is 121 Å². The first-order valence-electron chi connectivity index (χ1n) is 7.46. The zero-order valence-electron chi connectivity index (χ0n) is 12.0. The highest BCUT2D eigenvalue weighted by Crippen LogP contribution is 2.31. The third-order valence-electron chi connectivity index (χ3n) is 3.90. The molecule has 0 radical (unpaired) electrons. The summed E-state index contributed by atoms with van der Waals surface area (Å²) in [6, 6.07) is 24.0. The number of fused-ring (bicyclic) bond motifs is 1. The highest BCUT2D eigenvalue weighted by molar-refractivity contribution is 5.98. The normalized spacial score (nSPS) is 10.8. The number of rotatable bonds is 4. The molecule has 0 aliphatic carbocycles. The van der Waals surface area contributed by atoms with Gasteiger partial charge in [-0.15, -0.1) is 0 Å². The van der Waals surface area contributed by atoms with Crippen LogP contribution in [-0.4, -0.2) is 0 Å². The molecule has 3 aromatic carbocycles. The van der Waals surface area contributed by atoms with Crippen molar-refractivity contribution in [2.24, 2.45) is 0 Å². The molecule has 0 unspecified atom stereocenters. The first-order chi connectivity index (χ1) is 9.90. The Morgan fingerprint density at radius 1 is 0.700 bits per heavy atom. The van der Waals surface area contributed by atoms with E-state index in [9.17, 15) is 0 Å². The Morgan fingerprint density at radius 2 is 1.40 bits per heavy atom. The van der Waals surface area contributed by atoms with Crippen molar-refractivity contribution >= 4 is 10.8 Å². The summed E-state index contributed by atoms with van der Waals surface area (Å²) < 4.78 is 0. The lowest BCUT2D eigenvalue weighted by Crippen LogP contribution is -1.89. The van der Waals surface area contributed by atoms with E-state index in [2.05, 4.69) is 73.7 Å². The summed E-state index contributed by atoms with van der Waals surface area (Å²) in [5, 5.41) is 2.77. The maximum absolute atomic E-state index is 2.31. The molecule has 0 aromatic heterocycles. The number of benzene rings is 3. The first-order valence-corrected chi connectivity index (χ1v) is 7.46. The molecular weight excluding hydrogens is 240 g/mol. The lowest BCUT2D eigenvalue weighted by atomic mass is 9.93. The average Bonchev–Trinajstić information content (AvgIpc) is 2.53. The second-order valence-electron chi connectivity index (χ2n) is 5.29. The Balaban J connectivity index is 2.16. The van der Waals surface area contributed by atoms with Gasteiger partial charge in [0, 0.05) is 0 Å². The second-order valence-corrected chi connectivity index (χ2v) is 5.29. The molecule has 3 aromatic rings. The van der Waals surface area contributed by atoms with E-state index in [0.29, 0.717) is 0 Å². The van der Waals surface area contributed by atoms with E-state index >= 15 is 0 Å². The molecule has 20 heavy (non-hydrogen) atoms. The minimum atomic E-state index is 1.17. The van der Waals surface area contributed by atoms with Gasteiger partial charge in [0.05, 0.1) is 0 Å². The van der Waals surface area contributed by atoms with Gasteiger partial charge in [0.2, 0.25) is 0 Å². The number of hydrogen-bond acceptors (Lipinski definition) is 0. The van der Waals surface area contributed by atoms with Gasteiger partial charge < -0.3 is 0 Å². The van der Waals surface area contributed by atoms with E-state index < -0.39 is 0 Å². The highest BCUT2D eigenvalue weighted by Gasteiger charge is 2.06. The molecule has 0 spiro atoms. The van der Waals surface area contributed by atoms with Crippen molar-refractivity contribution in [1.29, 1.82) is 0 Å². The topological polar surface area (TPSA) is 0 Å². The van der Waals surface area contributed by atoms with E-state index in [0.717, 1.165) is 0 Å². The smallest absolute Gasteiger partial charge is 0.0103 e. The van der Waals surface area contributed by atoms with E-state index in [1.54, 1.807) is 0 Å². The van der Waals surface area contributed by atoms with Crippen LogP contribution < -0.4 is 0 Å². The molecule has 3 rings (SSSR count). The van der Waals surface area contributed by atoms with Crippen molar-refractivity contribution in [1.82, 2.24) is 0 Å². The number of aryl methyl sites for hydroxylation is 1. The molecule has 0 aliphatic heterocycles. The van der Waals surface area contributed by atoms with Crippen molar-refractivity contribution in [2.75, 3.05) is 0 Å². The Kier molecular flexibility index (Phi) is 3.83. The van der Waals surface area contributed by atoms with Gasteiger partial charge in [-0.05, 0) is 40.3 Å². The predicted molar refractivity (Wildman–Crippen MR) is 88.0 cm³/mol. The quantitative estimate of drug-likeness (QED) is 0.552. The standard InChI is InChI=1S/C20H20/c1-2-3-9-17-14-15-19(16-10-5-4-6-11-16)20-13-8-7-12-18(17)20/h4-8,10-15H,2-3,9H2,1H3. The molecule has 0 atom stereocenters. The van der Waals surface area contributed by atoms with Gasteiger partial charge in [-0.3, -0.25) is 0 Å². The minimum absolute atomic E-state index is 1.17. The lowest BCUT2D eigenvalue weighted by molar-refractivity contribution is 0.799. The Morgan fingerprint density at radius 3 is 2.15 bits per heavy atom. The highest BCUT2D eigenvalue weighted by atomic mass is 14.1. The zero-order chi connectivity index (χ0) is 13.8. The second kappa shape index (κ2) is 5.92. The summed E-state index contributed by atoms with van der Waals surface area (Å²) >= 11 is 0. The fourth-order valence-electron chi connectivity index (χ4n) is 2.82. The first kappa shape index (κ1) is 12.9. The summed E-state index contributed by atoms with van der Waals surface area (Å²) in [5.41, 5.74) is 4.11. The van der Waals surface area contributed by atoms with Crippen LogP contribution in [0.4, 0.5) is 0 Å². The van der Waals surface area contributed by atoms with Gasteiger partial charge in [0.25, 0.3) is 0 Å². The van der Waals surface area contributed by atoms with Crippen LogP contribution >= 0.6 is 0 Å². The van der Waals surface area contributed by atoms with Gasteiger partial charge in [0.15, 0.2) is 0 Å². The third-order valence-corrected chi connectivity index (χ3v) is 3.90. The molecular formula is C20H20. The van der Waals surface area contributed by atoms with Gasteiger partial charge >= 0.3 is 0 Å². The van der Waals surface area contributed by atoms with E-state index in [1.165, 1.54) is 46.7 Å². The molecule has 0 amide bonds. The molecule has 0 saturated carbocycles. The third kappa shape index (κ3) is 2.46. The van der Waals surface area contributed by atoms with Crippen LogP contribution in [0.1, 0.15) is 25.3 Å². The van der Waals surface area contributed by atoms with Crippen molar-refractivity contribution in [3.8, 4) is 11.1 Å². The van der Waals surface area contributed by atoms with Crippen LogP contribution in [0.2, 0.25) is 0 Å². The molecule has 0 heteroatoms. The van der Waals surface area contributed by atoms with Crippen LogP contribution in [0.3, 0.4) is 0 Å². The molecule has 0 nitrogen and oxygen atoms in total. The summed E-state index contributed by atoms with van der Waals surface area (Å²) in [4.78, 5) is 0. The number of unbranched alkanes of at least 4 members (excludes halogenated alkanes) is 1. The fraction of sp³-hybridized carbons (Fsp3) is 0.200. The Bertz CT molecular complexity index is 696. The van der Waals surface area contributed by atoms with Crippen LogP contribution in [0.15, 0.2) is 66.7 Å². The van der Waals surface area contributed by atoms with E-state index in [4.69, 9.17) is 0 Å². The molecule has 0 fully saturated rings. The molecule has 0 heterocycles. The molecule has 0 saturated heterocycles. The van der Waals surface area contributed by atoms with Crippen molar-refractivity contribution < 1.29 is 0 Å². The largest absolute Gasteiger partial charge is 0.0654 e. The molecule has 0 N–H and O–H groups in total. The van der Waals surface area contributed by atoms with Gasteiger partial charge in [-0.2, -0.15) is 0 Å². The molecule has 100 valence electrons. The average molecular weight is 260 g/mol. The predicted octanol–water partition coefficient (Wildman–Crippen LogP) is 5.85. The summed E-state index contributed by atoms with van der Waals surface area (Å²) in [6.07, 6.45) is 3.68. The molecule has 0 bridgehead atoms. The van der Waals surface area contributed by atoms with E-state index in [-0.39, 0.29) is 0 Å². The zero-order valence-corrected chi connectivity index (χ0v) is 12.0. The van der Waals surface area contributed by atoms with Crippen LogP contribution in [0.25, 0.3) is 21.9 Å². The maximum atomic E-state index is 2.31. The molecule has 0 aliphatic rings. The minimum Gasteiger partial charge on any atom is -0.0654 e. The Hall–Kier alpha value is -2.08.